The van der Waals surface area contributed by atoms with Gasteiger partial charge in [0.2, 0.25) is 11.9 Å². The van der Waals surface area contributed by atoms with Crippen LogP contribution in [0.4, 0.5) is 4.39 Å². The van der Waals surface area contributed by atoms with Crippen molar-refractivity contribution in [1.29, 1.82) is 0 Å². The summed E-state index contributed by atoms with van der Waals surface area (Å²) in [6.45, 7) is 9.28. The third-order valence-electron chi connectivity index (χ3n) is 9.46. The molecule has 2 N–H and O–H groups in total. The molecule has 0 spiro atoms. The van der Waals surface area contributed by atoms with E-state index in [9.17, 15) is 14.7 Å². The molecule has 1 saturated carbocycles. The zero-order chi connectivity index (χ0) is 33.5. The number of aromatic nitrogens is 4. The van der Waals surface area contributed by atoms with E-state index in [1.165, 1.54) is 0 Å². The molecule has 47 heavy (non-hydrogen) atoms. The van der Waals surface area contributed by atoms with Crippen LogP contribution in [0.2, 0.25) is 0 Å². The molecule has 4 aromatic rings. The molecule has 0 radical (unpaired) electrons. The monoisotopic (exact) mass is 642 g/mol. The minimum atomic E-state index is -1.89. The van der Waals surface area contributed by atoms with Gasteiger partial charge in [0.15, 0.2) is 0 Å². The van der Waals surface area contributed by atoms with Gasteiger partial charge in [-0.15, -0.1) is 0 Å². The number of nitrogens with one attached hydrogen (secondary N) is 1. The topological polar surface area (TPSA) is 123 Å². The van der Waals surface area contributed by atoms with Crippen LogP contribution in [0, 0.1) is 6.92 Å². The van der Waals surface area contributed by atoms with Crippen LogP contribution in [0.5, 0.6) is 0 Å². The summed E-state index contributed by atoms with van der Waals surface area (Å²) in [5.74, 6) is 0.335. The van der Waals surface area contributed by atoms with Crippen molar-refractivity contribution >= 4 is 17.4 Å². The van der Waals surface area contributed by atoms with Gasteiger partial charge in [0.1, 0.15) is 11.5 Å². The Morgan fingerprint density at radius 3 is 2.45 bits per heavy atom. The van der Waals surface area contributed by atoms with Gasteiger partial charge in [-0.05, 0) is 82.6 Å². The summed E-state index contributed by atoms with van der Waals surface area (Å²) in [5.41, 5.74) is 5.61. The maximum atomic E-state index is 15.1. The van der Waals surface area contributed by atoms with E-state index in [2.05, 4.69) is 17.5 Å². The highest BCUT2D eigenvalue weighted by atomic mass is 19.1. The summed E-state index contributed by atoms with van der Waals surface area (Å²) in [4.78, 5) is 31.4. The van der Waals surface area contributed by atoms with Gasteiger partial charge in [-0.3, -0.25) is 14.2 Å². The number of ether oxygens (including phenoxy) is 1. The fraction of sp³-hybridized carbons (Fsp3) is 0.472. The first-order valence-electron chi connectivity index (χ1n) is 16.5. The Bertz CT molecular complexity index is 1870. The van der Waals surface area contributed by atoms with Crippen LogP contribution in [-0.2, 0) is 22.4 Å². The number of hydrazone groups is 1. The van der Waals surface area contributed by atoms with Gasteiger partial charge >= 0.3 is 0 Å². The predicted octanol–water partition coefficient (Wildman–Crippen LogP) is 5.24. The van der Waals surface area contributed by atoms with Gasteiger partial charge in [-0.2, -0.15) is 15.2 Å². The highest BCUT2D eigenvalue weighted by Crippen LogP contribution is 2.33. The Morgan fingerprint density at radius 1 is 1.09 bits per heavy atom. The van der Waals surface area contributed by atoms with Gasteiger partial charge in [0.25, 0.3) is 11.5 Å². The average molecular weight is 643 g/mol. The molecule has 1 aliphatic heterocycles. The average Bonchev–Trinajstić information content (AvgIpc) is 3.60. The highest BCUT2D eigenvalue weighted by Gasteiger charge is 2.34. The standard InChI is InChI=1S/C36H43FN6O4/c1-6-10-30-29(20-23-13-18-27(24-11-8-7-9-12-24)28(19-23)32-31(37)33(44)40-39-32)34(45)42(35-38-22(3)41-43(30)35)25-14-16-26(17-15-25)47-21(2)36(4,5)46/h7-9,11-13,18-19,21,25-26,31,46H,6,10,14-17,20H2,1-5H3,(H,40,44). The van der Waals surface area contributed by atoms with Gasteiger partial charge in [-0.1, -0.05) is 55.8 Å². The first kappa shape index (κ1) is 32.7. The molecule has 2 atom stereocenters. The number of amides is 1. The van der Waals surface area contributed by atoms with Crippen LogP contribution < -0.4 is 11.0 Å². The van der Waals surface area contributed by atoms with Crippen molar-refractivity contribution in [1.82, 2.24) is 24.6 Å². The van der Waals surface area contributed by atoms with Crippen LogP contribution in [0.25, 0.3) is 16.9 Å². The number of aliphatic hydroxyl groups is 1. The van der Waals surface area contributed by atoms with E-state index in [-0.39, 0.29) is 35.9 Å². The summed E-state index contributed by atoms with van der Waals surface area (Å²) in [7, 11) is 0. The van der Waals surface area contributed by atoms with Crippen molar-refractivity contribution in [2.75, 3.05) is 0 Å². The molecule has 6 rings (SSSR count). The maximum absolute atomic E-state index is 15.1. The Morgan fingerprint density at radius 2 is 1.81 bits per heavy atom. The van der Waals surface area contributed by atoms with Gasteiger partial charge in [0.05, 0.1) is 23.5 Å². The number of hydrogen-bond acceptors (Lipinski definition) is 7. The number of benzene rings is 2. The fourth-order valence-electron chi connectivity index (χ4n) is 6.66. The molecule has 1 fully saturated rings. The maximum Gasteiger partial charge on any atom is 0.281 e. The highest BCUT2D eigenvalue weighted by molar-refractivity contribution is 6.20. The molecular formula is C36H43FN6O4. The van der Waals surface area contributed by atoms with E-state index in [4.69, 9.17) is 14.8 Å². The number of hydrogen-bond donors (Lipinski definition) is 2. The molecule has 11 heteroatoms. The second-order valence-corrected chi connectivity index (χ2v) is 13.3. The first-order valence-corrected chi connectivity index (χ1v) is 16.5. The second kappa shape index (κ2) is 13.1. The summed E-state index contributed by atoms with van der Waals surface area (Å²) in [6, 6.07) is 15.2. The molecule has 2 aromatic carbocycles. The molecule has 1 aliphatic carbocycles. The Kier molecular flexibility index (Phi) is 9.13. The zero-order valence-electron chi connectivity index (χ0n) is 27.7. The summed E-state index contributed by atoms with van der Waals surface area (Å²) in [5, 5.41) is 19.2. The first-order chi connectivity index (χ1) is 22.5. The van der Waals surface area contributed by atoms with E-state index in [0.29, 0.717) is 29.1 Å². The molecule has 0 bridgehead atoms. The summed E-state index contributed by atoms with van der Waals surface area (Å²) >= 11 is 0. The van der Waals surface area contributed by atoms with Crippen molar-refractivity contribution in [2.45, 2.75) is 110 Å². The molecule has 10 nitrogen and oxygen atoms in total. The van der Waals surface area contributed by atoms with E-state index < -0.39 is 17.7 Å². The lowest BCUT2D eigenvalue weighted by atomic mass is 9.90. The molecule has 1 amide bonds. The number of carbonyl (C=O) groups excluding carboxylic acids is 1. The molecule has 2 aliphatic rings. The number of aryl methyl sites for hydroxylation is 2. The minimum Gasteiger partial charge on any atom is -0.388 e. The second-order valence-electron chi connectivity index (χ2n) is 13.3. The fourth-order valence-corrected chi connectivity index (χ4v) is 6.66. The lowest BCUT2D eigenvalue weighted by Gasteiger charge is -2.35. The van der Waals surface area contributed by atoms with E-state index in [1.54, 1.807) is 13.8 Å². The molecular weight excluding hydrogens is 599 g/mol. The van der Waals surface area contributed by atoms with Crippen LogP contribution >= 0.6 is 0 Å². The van der Waals surface area contributed by atoms with Crippen LogP contribution in [0.3, 0.4) is 0 Å². The molecule has 0 saturated heterocycles. The van der Waals surface area contributed by atoms with Crippen molar-refractivity contribution in [3.8, 4) is 11.1 Å². The zero-order valence-corrected chi connectivity index (χ0v) is 27.7. The lowest BCUT2D eigenvalue weighted by molar-refractivity contribution is -0.122. The molecule has 2 unspecified atom stereocenters. The van der Waals surface area contributed by atoms with E-state index in [0.717, 1.165) is 54.5 Å². The van der Waals surface area contributed by atoms with Crippen molar-refractivity contribution in [3.05, 3.63) is 87.1 Å². The summed E-state index contributed by atoms with van der Waals surface area (Å²) in [6.07, 6.45) is 2.49. The van der Waals surface area contributed by atoms with Crippen molar-refractivity contribution in [2.24, 2.45) is 5.10 Å². The molecule has 2 aromatic heterocycles. The minimum absolute atomic E-state index is 0.00130. The van der Waals surface area contributed by atoms with Gasteiger partial charge in [-0.25, -0.2) is 14.3 Å². The normalized spacial score (nSPS) is 20.8. The van der Waals surface area contributed by atoms with Gasteiger partial charge < -0.3 is 9.84 Å². The molecule has 248 valence electrons. The largest absolute Gasteiger partial charge is 0.388 e. The smallest absolute Gasteiger partial charge is 0.281 e. The Balaban J connectivity index is 1.40. The van der Waals surface area contributed by atoms with Crippen molar-refractivity contribution < 1.29 is 19.0 Å². The predicted molar refractivity (Wildman–Crippen MR) is 178 cm³/mol. The van der Waals surface area contributed by atoms with Crippen LogP contribution in [0.1, 0.15) is 94.0 Å². The summed E-state index contributed by atoms with van der Waals surface area (Å²) < 4.78 is 24.9. The lowest BCUT2D eigenvalue weighted by Crippen LogP contribution is -2.40. The number of fused-ring (bicyclic) bond motifs is 1. The number of halogens is 1. The van der Waals surface area contributed by atoms with E-state index in [1.807, 2.05) is 71.5 Å². The van der Waals surface area contributed by atoms with Crippen molar-refractivity contribution in [3.63, 3.8) is 0 Å². The van der Waals surface area contributed by atoms with Crippen LogP contribution in [0.15, 0.2) is 58.4 Å². The number of carbonyl (C=O) groups is 1. The van der Waals surface area contributed by atoms with Gasteiger partial charge in [0, 0.05) is 23.6 Å². The quantitative estimate of drug-likeness (QED) is 0.244. The Hall–Kier alpha value is -4.22. The number of rotatable bonds is 10. The third kappa shape index (κ3) is 6.51. The SMILES string of the molecule is CCCc1c(Cc2ccc(-c3ccccc3)c(C3=NNC(=O)C3F)c2)c(=O)n(C2CCC(OC(C)C(C)(C)O)CC2)c2nc(C)nn12. The molecule has 3 heterocycles. The third-order valence-corrected chi connectivity index (χ3v) is 9.46. The Labute approximate surface area is 273 Å². The van der Waals surface area contributed by atoms with E-state index >= 15 is 4.39 Å². The number of nitrogens with zero attached hydrogens (tertiary/aromatic N) is 5. The van der Waals surface area contributed by atoms with Crippen LogP contribution in [-0.4, -0.2) is 59.9 Å². The number of alkyl halides is 1.